The number of likely N-dealkylation sites (tertiary alicyclic amines) is 1. The molecule has 4 heterocycles. The molecule has 210 valence electrons. The lowest BCUT2D eigenvalue weighted by Crippen LogP contribution is -2.33. The smallest absolute Gasteiger partial charge is 0.335 e. The molecule has 0 aliphatic carbocycles. The third-order valence-corrected chi connectivity index (χ3v) is 7.66. The van der Waals surface area contributed by atoms with E-state index in [0.717, 1.165) is 48.4 Å². The van der Waals surface area contributed by atoms with E-state index in [0.29, 0.717) is 35.4 Å². The van der Waals surface area contributed by atoms with Crippen molar-refractivity contribution < 1.29 is 23.4 Å². The third-order valence-electron chi connectivity index (χ3n) is 7.42. The number of ether oxygens (including phenoxy) is 1. The molecule has 1 fully saturated rings. The molecule has 1 N–H and O–H groups in total. The largest absolute Gasteiger partial charge is 0.478 e. The second-order valence-electron chi connectivity index (χ2n) is 10.0. The molecule has 11 heteroatoms. The number of fused-ring (bicyclic) bond motifs is 1. The predicted molar refractivity (Wildman–Crippen MR) is 150 cm³/mol. The number of carboxylic acid groups (broad SMARTS) is 1. The molecular weight excluding hydrogens is 549 g/mol. The molecule has 1 saturated heterocycles. The molecular formula is C30H27ClFN5O4. The summed E-state index contributed by atoms with van der Waals surface area (Å²) in [7, 11) is 0. The number of carboxylic acids is 1. The Bertz CT molecular complexity index is 1680. The molecule has 0 unspecified atom stereocenters. The van der Waals surface area contributed by atoms with Crippen LogP contribution < -0.4 is 4.74 Å². The van der Waals surface area contributed by atoms with Crippen molar-refractivity contribution in [2.75, 3.05) is 13.1 Å². The zero-order chi connectivity index (χ0) is 28.3. The van der Waals surface area contributed by atoms with E-state index in [1.807, 2.05) is 16.7 Å². The summed E-state index contributed by atoms with van der Waals surface area (Å²) in [6, 6.07) is 13.4. The molecule has 0 saturated carbocycles. The van der Waals surface area contributed by atoms with Crippen LogP contribution in [-0.2, 0) is 19.7 Å². The fraction of sp³-hybridized carbons (Fsp3) is 0.267. The van der Waals surface area contributed by atoms with Crippen molar-refractivity contribution in [3.8, 4) is 5.88 Å². The predicted octanol–water partition coefficient (Wildman–Crippen LogP) is 5.92. The topological polar surface area (TPSA) is 107 Å². The monoisotopic (exact) mass is 575 g/mol. The van der Waals surface area contributed by atoms with Crippen molar-refractivity contribution in [2.24, 2.45) is 0 Å². The number of rotatable bonds is 9. The molecule has 9 nitrogen and oxygen atoms in total. The molecule has 6 rings (SSSR count). The van der Waals surface area contributed by atoms with Gasteiger partial charge in [-0.2, -0.15) is 0 Å². The van der Waals surface area contributed by atoms with Gasteiger partial charge in [0, 0.05) is 22.3 Å². The molecule has 1 aliphatic heterocycles. The molecule has 5 aromatic rings. The van der Waals surface area contributed by atoms with Gasteiger partial charge in [0.1, 0.15) is 31.1 Å². The highest BCUT2D eigenvalue weighted by Crippen LogP contribution is 2.34. The molecule has 0 spiro atoms. The Balaban J connectivity index is 1.16. The first-order valence-corrected chi connectivity index (χ1v) is 13.7. The number of piperidine rings is 1. The highest BCUT2D eigenvalue weighted by molar-refractivity contribution is 6.30. The van der Waals surface area contributed by atoms with Gasteiger partial charge in [-0.05, 0) is 68.2 Å². The lowest BCUT2D eigenvalue weighted by atomic mass is 9.90. The number of carbonyl (C=O) groups is 1. The first-order chi connectivity index (χ1) is 19.9. The second-order valence-corrected chi connectivity index (χ2v) is 10.5. The van der Waals surface area contributed by atoms with Crippen molar-refractivity contribution in [1.29, 1.82) is 0 Å². The van der Waals surface area contributed by atoms with Gasteiger partial charge < -0.3 is 18.8 Å². The van der Waals surface area contributed by atoms with Gasteiger partial charge in [0.15, 0.2) is 0 Å². The molecule has 3 aromatic heterocycles. The summed E-state index contributed by atoms with van der Waals surface area (Å²) in [6.07, 6.45) is 6.56. The van der Waals surface area contributed by atoms with Crippen molar-refractivity contribution in [1.82, 2.24) is 24.4 Å². The van der Waals surface area contributed by atoms with Crippen LogP contribution in [0.4, 0.5) is 4.39 Å². The molecule has 41 heavy (non-hydrogen) atoms. The maximum Gasteiger partial charge on any atom is 0.335 e. The maximum atomic E-state index is 14.3. The highest BCUT2D eigenvalue weighted by atomic mass is 35.5. The van der Waals surface area contributed by atoms with E-state index in [1.165, 1.54) is 12.3 Å². The highest BCUT2D eigenvalue weighted by Gasteiger charge is 2.26. The Morgan fingerprint density at radius 3 is 2.71 bits per heavy atom. The number of imidazole rings is 1. The van der Waals surface area contributed by atoms with Gasteiger partial charge in [-0.3, -0.25) is 4.90 Å². The number of benzene rings is 2. The molecule has 1 aliphatic rings. The van der Waals surface area contributed by atoms with Gasteiger partial charge in [-0.25, -0.2) is 24.1 Å². The SMILES string of the molecule is O=C(O)c1ccc2nc(CN3CCC(c4cccnc4OCc4ccc(Cl)cc4F)CC3)n(Cc3ncco3)c2c1. The van der Waals surface area contributed by atoms with E-state index >= 15 is 0 Å². The minimum Gasteiger partial charge on any atom is -0.478 e. The summed E-state index contributed by atoms with van der Waals surface area (Å²) in [5.41, 5.74) is 3.08. The number of oxazole rings is 1. The van der Waals surface area contributed by atoms with Crippen LogP contribution in [0, 0.1) is 5.82 Å². The number of hydrogen-bond acceptors (Lipinski definition) is 7. The van der Waals surface area contributed by atoms with Gasteiger partial charge in [0.05, 0.1) is 29.3 Å². The van der Waals surface area contributed by atoms with Crippen LogP contribution in [0.15, 0.2) is 71.6 Å². The van der Waals surface area contributed by atoms with Crippen molar-refractivity contribution >= 4 is 28.6 Å². The number of aromatic nitrogens is 4. The van der Waals surface area contributed by atoms with Gasteiger partial charge in [-0.1, -0.05) is 23.7 Å². The van der Waals surface area contributed by atoms with Crippen LogP contribution in [0.5, 0.6) is 5.88 Å². The summed E-state index contributed by atoms with van der Waals surface area (Å²) >= 11 is 5.87. The third kappa shape index (κ3) is 5.94. The summed E-state index contributed by atoms with van der Waals surface area (Å²) in [5, 5.41) is 9.85. The lowest BCUT2D eigenvalue weighted by molar-refractivity contribution is 0.0697. The molecule has 0 amide bonds. The Labute approximate surface area is 240 Å². The minimum absolute atomic E-state index is 0.0657. The van der Waals surface area contributed by atoms with Crippen LogP contribution in [0.2, 0.25) is 5.02 Å². The molecule has 0 bridgehead atoms. The van der Waals surface area contributed by atoms with Gasteiger partial charge in [-0.15, -0.1) is 0 Å². The first-order valence-electron chi connectivity index (χ1n) is 13.3. The van der Waals surface area contributed by atoms with Crippen LogP contribution in [0.3, 0.4) is 0 Å². The summed E-state index contributed by atoms with van der Waals surface area (Å²) in [6.45, 7) is 2.66. The summed E-state index contributed by atoms with van der Waals surface area (Å²) in [4.78, 5) is 27.5. The van der Waals surface area contributed by atoms with Crippen molar-refractivity contribution in [2.45, 2.75) is 38.5 Å². The van der Waals surface area contributed by atoms with Crippen molar-refractivity contribution in [3.63, 3.8) is 0 Å². The van der Waals surface area contributed by atoms with Gasteiger partial charge in [0.25, 0.3) is 0 Å². The lowest BCUT2D eigenvalue weighted by Gasteiger charge is -2.32. The fourth-order valence-corrected chi connectivity index (χ4v) is 5.45. The van der Waals surface area contributed by atoms with Gasteiger partial charge >= 0.3 is 5.97 Å². The number of nitrogens with zero attached hydrogens (tertiary/aromatic N) is 5. The summed E-state index contributed by atoms with van der Waals surface area (Å²) < 4.78 is 27.7. The zero-order valence-electron chi connectivity index (χ0n) is 22.0. The molecule has 2 aromatic carbocycles. The number of hydrogen-bond donors (Lipinski definition) is 1. The normalized spacial score (nSPS) is 14.5. The van der Waals surface area contributed by atoms with E-state index in [4.69, 9.17) is 25.7 Å². The van der Waals surface area contributed by atoms with Crippen LogP contribution in [0.25, 0.3) is 11.0 Å². The Kier molecular flexibility index (Phi) is 7.67. The van der Waals surface area contributed by atoms with Crippen molar-refractivity contribution in [3.05, 3.63) is 106 Å². The van der Waals surface area contributed by atoms with Crippen LogP contribution in [-0.4, -0.2) is 48.6 Å². The van der Waals surface area contributed by atoms with E-state index in [2.05, 4.69) is 14.9 Å². The first kappa shape index (κ1) is 26.9. The maximum absolute atomic E-state index is 14.3. The van der Waals surface area contributed by atoms with Crippen LogP contribution in [0.1, 0.15) is 52.0 Å². The number of pyridine rings is 1. The molecule has 0 atom stereocenters. The van der Waals surface area contributed by atoms with Gasteiger partial charge in [0.2, 0.25) is 11.8 Å². The number of halogens is 2. The average Bonchev–Trinajstić information content (AvgIpc) is 3.61. The average molecular weight is 576 g/mol. The Morgan fingerprint density at radius 1 is 1.10 bits per heavy atom. The van der Waals surface area contributed by atoms with Crippen LogP contribution >= 0.6 is 11.6 Å². The zero-order valence-corrected chi connectivity index (χ0v) is 22.8. The minimum atomic E-state index is -0.989. The Hall–Kier alpha value is -4.28. The fourth-order valence-electron chi connectivity index (χ4n) is 5.29. The number of aromatic carboxylic acids is 1. The summed E-state index contributed by atoms with van der Waals surface area (Å²) in [5.74, 6) is 0.700. The van der Waals surface area contributed by atoms with E-state index < -0.39 is 11.8 Å². The standard InChI is InChI=1S/C30H27ClFN5O4/c31-22-5-3-21(24(32)15-22)18-41-29-23(2-1-9-34-29)19-7-11-36(12-8-19)16-27-35-25-6-4-20(30(38)39)14-26(25)37(27)17-28-33-10-13-40-28/h1-6,9-10,13-15,19H,7-8,11-12,16-18H2,(H,38,39). The van der Waals surface area contributed by atoms with E-state index in [1.54, 1.807) is 42.7 Å². The Morgan fingerprint density at radius 2 is 1.95 bits per heavy atom. The van der Waals surface area contributed by atoms with E-state index in [-0.39, 0.29) is 18.1 Å². The quantitative estimate of drug-likeness (QED) is 0.231. The second kappa shape index (κ2) is 11.7. The van der Waals surface area contributed by atoms with E-state index in [9.17, 15) is 14.3 Å². The molecule has 0 radical (unpaired) electrons.